The Kier molecular flexibility index (Phi) is 8.45. The van der Waals surface area contributed by atoms with E-state index < -0.39 is 17.8 Å². The van der Waals surface area contributed by atoms with E-state index in [2.05, 4.69) is 15.6 Å². The van der Waals surface area contributed by atoms with Crippen LogP contribution in [0.1, 0.15) is 44.1 Å². The summed E-state index contributed by atoms with van der Waals surface area (Å²) in [7, 11) is 0. The van der Waals surface area contributed by atoms with Gasteiger partial charge in [0.05, 0.1) is 12.1 Å². The van der Waals surface area contributed by atoms with Gasteiger partial charge in [0.15, 0.2) is 10.2 Å². The quantitative estimate of drug-likeness (QED) is 0.505. The number of nitrogens with one attached hydrogen (secondary N) is 2. The Hall–Kier alpha value is -2.73. The molecule has 0 radical (unpaired) electrons. The third-order valence-corrected chi connectivity index (χ3v) is 7.66. The Morgan fingerprint density at radius 2 is 1.97 bits per heavy atom. The number of anilines is 2. The Balaban J connectivity index is 1.41. The zero-order valence-electron chi connectivity index (χ0n) is 19.6. The Labute approximate surface area is 217 Å². The fraction of sp³-hybridized carbons (Fsp3) is 0.500. The summed E-state index contributed by atoms with van der Waals surface area (Å²) in [6.07, 6.45) is 3.27. The lowest BCUT2D eigenvalue weighted by Gasteiger charge is -2.40. The fourth-order valence-electron chi connectivity index (χ4n) is 4.75. The summed E-state index contributed by atoms with van der Waals surface area (Å²) in [6, 6.07) is 4.14. The van der Waals surface area contributed by atoms with Crippen molar-refractivity contribution < 1.29 is 22.8 Å². The van der Waals surface area contributed by atoms with E-state index in [1.165, 1.54) is 29.9 Å². The van der Waals surface area contributed by atoms with Gasteiger partial charge in [0.1, 0.15) is 6.04 Å². The van der Waals surface area contributed by atoms with Crippen molar-refractivity contribution in [3.05, 3.63) is 41.4 Å². The smallest absolute Gasteiger partial charge is 0.338 e. The minimum absolute atomic E-state index is 0.0590. The predicted octanol–water partition coefficient (Wildman–Crippen LogP) is 4.98. The van der Waals surface area contributed by atoms with E-state index in [9.17, 15) is 22.8 Å². The molecule has 0 bridgehead atoms. The molecule has 1 aliphatic carbocycles. The number of rotatable bonds is 6. The van der Waals surface area contributed by atoms with E-state index in [1.54, 1.807) is 21.4 Å². The van der Waals surface area contributed by atoms with Crippen LogP contribution in [0.2, 0.25) is 0 Å². The maximum absolute atomic E-state index is 13.2. The van der Waals surface area contributed by atoms with Gasteiger partial charge in [-0.3, -0.25) is 9.59 Å². The molecular formula is C24H28F3N5O2S2. The molecule has 7 nitrogen and oxygen atoms in total. The largest absolute Gasteiger partial charge is 0.416 e. The number of thiazole rings is 1. The second-order valence-corrected chi connectivity index (χ2v) is 10.4. The van der Waals surface area contributed by atoms with Gasteiger partial charge in [-0.2, -0.15) is 13.2 Å². The van der Waals surface area contributed by atoms with Crippen LogP contribution < -0.4 is 10.6 Å². The van der Waals surface area contributed by atoms with Crippen molar-refractivity contribution in [2.45, 2.75) is 50.7 Å². The van der Waals surface area contributed by atoms with Crippen LogP contribution in [-0.2, 0) is 15.8 Å². The van der Waals surface area contributed by atoms with E-state index in [-0.39, 0.29) is 35.7 Å². The number of carbonyl (C=O) groups is 2. The maximum Gasteiger partial charge on any atom is 0.416 e. The molecule has 2 heterocycles. The lowest BCUT2D eigenvalue weighted by atomic mass is 9.84. The van der Waals surface area contributed by atoms with Crippen LogP contribution in [-0.4, -0.2) is 57.4 Å². The average Bonchev–Trinajstić information content (AvgIpc) is 3.36. The number of thiocarbonyl (C=S) groups is 1. The third-order valence-electron chi connectivity index (χ3n) is 6.61. The monoisotopic (exact) mass is 539 g/mol. The van der Waals surface area contributed by atoms with Gasteiger partial charge >= 0.3 is 6.18 Å². The number of amides is 2. The molecule has 2 aliphatic rings. The minimum atomic E-state index is -4.46. The maximum atomic E-state index is 13.2. The molecule has 4 rings (SSSR count). The molecular weight excluding hydrogens is 511 g/mol. The molecule has 194 valence electrons. The van der Waals surface area contributed by atoms with Gasteiger partial charge in [0.25, 0.3) is 0 Å². The van der Waals surface area contributed by atoms with Crippen LogP contribution in [0.15, 0.2) is 35.8 Å². The lowest BCUT2D eigenvalue weighted by molar-refractivity contribution is -0.142. The molecule has 2 aromatic rings. The third kappa shape index (κ3) is 6.73. The highest BCUT2D eigenvalue weighted by Crippen LogP contribution is 2.31. The molecule has 1 aliphatic heterocycles. The van der Waals surface area contributed by atoms with Crippen molar-refractivity contribution >= 4 is 51.3 Å². The molecule has 2 fully saturated rings. The van der Waals surface area contributed by atoms with E-state index in [0.717, 1.165) is 37.8 Å². The lowest BCUT2D eigenvalue weighted by Crippen LogP contribution is -2.59. The van der Waals surface area contributed by atoms with Gasteiger partial charge in [0.2, 0.25) is 11.8 Å². The van der Waals surface area contributed by atoms with Gasteiger partial charge in [-0.1, -0.05) is 38.2 Å². The second kappa shape index (κ2) is 11.5. The van der Waals surface area contributed by atoms with Gasteiger partial charge < -0.3 is 20.4 Å². The van der Waals surface area contributed by atoms with Crippen LogP contribution in [0.5, 0.6) is 0 Å². The van der Waals surface area contributed by atoms with Crippen LogP contribution >= 0.6 is 23.6 Å². The molecule has 0 spiro atoms. The summed E-state index contributed by atoms with van der Waals surface area (Å²) >= 11 is 6.71. The van der Waals surface area contributed by atoms with E-state index in [0.29, 0.717) is 24.0 Å². The zero-order chi connectivity index (χ0) is 25.7. The molecule has 12 heteroatoms. The number of alkyl halides is 3. The number of hydrogen-bond acceptors (Lipinski definition) is 5. The molecule has 1 atom stereocenters. The highest BCUT2D eigenvalue weighted by molar-refractivity contribution is 7.80. The van der Waals surface area contributed by atoms with Crippen LogP contribution in [0, 0.1) is 5.92 Å². The minimum Gasteiger partial charge on any atom is -0.338 e. The summed E-state index contributed by atoms with van der Waals surface area (Å²) in [6.45, 7) is 0.588. The Bertz CT molecular complexity index is 1070. The number of hydrogen-bond donors (Lipinski definition) is 2. The fourth-order valence-corrected chi connectivity index (χ4v) is 5.56. The zero-order valence-corrected chi connectivity index (χ0v) is 21.2. The molecule has 1 aromatic carbocycles. The number of halogens is 3. The number of piperazine rings is 1. The van der Waals surface area contributed by atoms with Crippen molar-refractivity contribution in [1.29, 1.82) is 0 Å². The summed E-state index contributed by atoms with van der Waals surface area (Å²) in [5.41, 5.74) is -0.587. The number of aromatic nitrogens is 1. The SMILES string of the molecule is O=C(Nc1nccs1)[C@H](CC1CCCCC1)N1CCN(C(=S)Nc2cccc(C(F)(F)F)c2)CC1=O. The van der Waals surface area contributed by atoms with Gasteiger partial charge in [-0.25, -0.2) is 4.98 Å². The van der Waals surface area contributed by atoms with Crippen molar-refractivity contribution in [2.75, 3.05) is 30.3 Å². The van der Waals surface area contributed by atoms with E-state index in [4.69, 9.17) is 12.2 Å². The normalized spacial score (nSPS) is 18.1. The molecule has 36 heavy (non-hydrogen) atoms. The summed E-state index contributed by atoms with van der Waals surface area (Å²) in [5, 5.41) is 8.08. The van der Waals surface area contributed by atoms with Crippen molar-refractivity contribution in [3.63, 3.8) is 0 Å². The van der Waals surface area contributed by atoms with E-state index in [1.807, 2.05) is 0 Å². The first-order valence-corrected chi connectivity index (χ1v) is 13.2. The van der Waals surface area contributed by atoms with Gasteiger partial charge in [-0.05, 0) is 42.8 Å². The number of carbonyl (C=O) groups excluding carboxylic acids is 2. The van der Waals surface area contributed by atoms with Crippen molar-refractivity contribution in [3.8, 4) is 0 Å². The first-order chi connectivity index (χ1) is 17.2. The molecule has 1 saturated carbocycles. The Morgan fingerprint density at radius 3 is 2.64 bits per heavy atom. The van der Waals surface area contributed by atoms with Crippen LogP contribution in [0.25, 0.3) is 0 Å². The highest BCUT2D eigenvalue weighted by atomic mass is 32.1. The molecule has 0 unspecified atom stereocenters. The summed E-state index contributed by atoms with van der Waals surface area (Å²) in [4.78, 5) is 33.8. The number of nitrogens with zero attached hydrogens (tertiary/aromatic N) is 3. The summed E-state index contributed by atoms with van der Waals surface area (Å²) < 4.78 is 39.1. The van der Waals surface area contributed by atoms with Crippen LogP contribution in [0.3, 0.4) is 0 Å². The van der Waals surface area contributed by atoms with Crippen molar-refractivity contribution in [2.24, 2.45) is 5.92 Å². The average molecular weight is 540 g/mol. The standard InChI is InChI=1S/C24H28F3N5O2S2/c25-24(26,27)17-7-4-8-18(14-17)29-23(35)31-10-11-32(20(33)15-31)19(13-16-5-2-1-3-6-16)21(34)30-22-28-9-12-36-22/h4,7-9,12,14,16,19H,1-3,5-6,10-11,13,15H2,(H,29,35)(H,28,30,34)/t19-/m0/s1. The van der Waals surface area contributed by atoms with Gasteiger partial charge in [-0.15, -0.1) is 11.3 Å². The molecule has 1 saturated heterocycles. The molecule has 2 amide bonds. The van der Waals surface area contributed by atoms with Crippen molar-refractivity contribution in [1.82, 2.24) is 14.8 Å². The van der Waals surface area contributed by atoms with Crippen LogP contribution in [0.4, 0.5) is 24.0 Å². The highest BCUT2D eigenvalue weighted by Gasteiger charge is 2.36. The Morgan fingerprint density at radius 1 is 1.19 bits per heavy atom. The molecule has 2 N–H and O–H groups in total. The van der Waals surface area contributed by atoms with E-state index >= 15 is 0 Å². The first kappa shape index (κ1) is 26.3. The topological polar surface area (TPSA) is 77.6 Å². The second-order valence-electron chi connectivity index (χ2n) is 9.10. The van der Waals surface area contributed by atoms with Gasteiger partial charge in [0, 0.05) is 30.4 Å². The number of benzene rings is 1. The first-order valence-electron chi connectivity index (χ1n) is 11.9. The molecule has 1 aromatic heterocycles. The predicted molar refractivity (Wildman–Crippen MR) is 137 cm³/mol. The summed E-state index contributed by atoms with van der Waals surface area (Å²) in [5.74, 6) is -0.119.